The van der Waals surface area contributed by atoms with Gasteiger partial charge in [0, 0.05) is 0 Å². The second-order valence-corrected chi connectivity index (χ2v) is 4.79. The van der Waals surface area contributed by atoms with E-state index in [1.165, 1.54) is 12.8 Å². The molecule has 3 saturated carbocycles. The van der Waals surface area contributed by atoms with Gasteiger partial charge in [0.2, 0.25) is 0 Å². The van der Waals surface area contributed by atoms with Gasteiger partial charge in [0.05, 0.1) is 12.0 Å². The van der Waals surface area contributed by atoms with Crippen LogP contribution in [0.25, 0.3) is 0 Å². The van der Waals surface area contributed by atoms with Crippen molar-refractivity contribution in [2.75, 3.05) is 6.61 Å². The van der Waals surface area contributed by atoms with Crippen LogP contribution in [-0.2, 0) is 4.79 Å². The lowest BCUT2D eigenvalue weighted by atomic mass is 9.55. The van der Waals surface area contributed by atoms with Crippen LogP contribution < -0.4 is 0 Å². The highest BCUT2D eigenvalue weighted by molar-refractivity contribution is 5.83. The molecule has 3 aliphatic rings. The SMILES string of the molecule is CC(=O)C1(CO)CC2CCC1CC2. The standard InChI is InChI=1S/C11H18O2/c1-8(13)11(7-12)6-9-2-4-10(11)5-3-9/h9-10,12H,2-7H2,1H3. The van der Waals surface area contributed by atoms with Crippen LogP contribution in [0.4, 0.5) is 0 Å². The van der Waals surface area contributed by atoms with Crippen molar-refractivity contribution < 1.29 is 9.90 Å². The Kier molecular flexibility index (Phi) is 2.18. The number of fused-ring (bicyclic) bond motifs is 3. The fourth-order valence-electron chi connectivity index (χ4n) is 3.34. The summed E-state index contributed by atoms with van der Waals surface area (Å²) in [5, 5.41) is 9.41. The van der Waals surface area contributed by atoms with Gasteiger partial charge in [-0.05, 0) is 38.0 Å². The van der Waals surface area contributed by atoms with Crippen molar-refractivity contribution in [3.63, 3.8) is 0 Å². The van der Waals surface area contributed by atoms with Crippen LogP contribution in [0, 0.1) is 17.3 Å². The number of rotatable bonds is 2. The number of Topliss-reactive ketones (excluding diaryl/α,β-unsaturated/α-hetero) is 1. The average molecular weight is 182 g/mol. The molecule has 74 valence electrons. The van der Waals surface area contributed by atoms with E-state index in [1.54, 1.807) is 6.92 Å². The zero-order chi connectivity index (χ0) is 9.47. The quantitative estimate of drug-likeness (QED) is 0.706. The Hall–Kier alpha value is -0.370. The molecule has 3 rings (SSSR count). The maximum atomic E-state index is 11.6. The highest BCUT2D eigenvalue weighted by atomic mass is 16.3. The highest BCUT2D eigenvalue weighted by Crippen LogP contribution is 2.52. The van der Waals surface area contributed by atoms with E-state index in [-0.39, 0.29) is 17.8 Å². The summed E-state index contributed by atoms with van der Waals surface area (Å²) in [5.74, 6) is 1.39. The molecule has 1 unspecified atom stereocenters. The van der Waals surface area contributed by atoms with E-state index >= 15 is 0 Å². The number of carbonyl (C=O) groups excluding carboxylic acids is 1. The van der Waals surface area contributed by atoms with Crippen LogP contribution in [0.3, 0.4) is 0 Å². The third kappa shape index (κ3) is 1.23. The van der Waals surface area contributed by atoms with Gasteiger partial charge in [0.15, 0.2) is 0 Å². The summed E-state index contributed by atoms with van der Waals surface area (Å²) < 4.78 is 0. The van der Waals surface area contributed by atoms with Gasteiger partial charge < -0.3 is 5.11 Å². The molecule has 2 bridgehead atoms. The van der Waals surface area contributed by atoms with Crippen LogP contribution >= 0.6 is 0 Å². The topological polar surface area (TPSA) is 37.3 Å². The monoisotopic (exact) mass is 182 g/mol. The summed E-state index contributed by atoms with van der Waals surface area (Å²) in [6.07, 6.45) is 5.82. The molecule has 0 aromatic heterocycles. The van der Waals surface area contributed by atoms with E-state index < -0.39 is 0 Å². The Bertz CT molecular complexity index is 216. The van der Waals surface area contributed by atoms with Crippen molar-refractivity contribution in [1.29, 1.82) is 0 Å². The van der Waals surface area contributed by atoms with Crippen LogP contribution in [0.15, 0.2) is 0 Å². The Labute approximate surface area is 79.3 Å². The molecule has 2 nitrogen and oxygen atoms in total. The lowest BCUT2D eigenvalue weighted by Gasteiger charge is -2.49. The van der Waals surface area contributed by atoms with Gasteiger partial charge >= 0.3 is 0 Å². The number of hydrogen-bond acceptors (Lipinski definition) is 2. The minimum absolute atomic E-state index is 0.0729. The highest BCUT2D eigenvalue weighted by Gasteiger charge is 2.49. The van der Waals surface area contributed by atoms with Crippen molar-refractivity contribution in [2.45, 2.75) is 39.0 Å². The smallest absolute Gasteiger partial charge is 0.138 e. The van der Waals surface area contributed by atoms with Crippen LogP contribution in [0.5, 0.6) is 0 Å². The molecule has 0 aromatic carbocycles. The first-order valence-corrected chi connectivity index (χ1v) is 5.31. The predicted molar refractivity (Wildman–Crippen MR) is 50.3 cm³/mol. The minimum Gasteiger partial charge on any atom is -0.395 e. The van der Waals surface area contributed by atoms with Gasteiger partial charge in [-0.3, -0.25) is 4.79 Å². The number of aliphatic hydroxyl groups is 1. The summed E-state index contributed by atoms with van der Waals surface area (Å²) in [5.41, 5.74) is -0.346. The number of ketones is 1. The molecule has 1 N–H and O–H groups in total. The molecule has 3 aliphatic carbocycles. The summed E-state index contributed by atoms with van der Waals surface area (Å²) in [6.45, 7) is 1.72. The summed E-state index contributed by atoms with van der Waals surface area (Å²) >= 11 is 0. The maximum Gasteiger partial charge on any atom is 0.138 e. The Morgan fingerprint density at radius 1 is 1.38 bits per heavy atom. The van der Waals surface area contributed by atoms with Gasteiger partial charge in [-0.15, -0.1) is 0 Å². The molecular weight excluding hydrogens is 164 g/mol. The fraction of sp³-hybridized carbons (Fsp3) is 0.909. The normalized spacial score (nSPS) is 43.5. The van der Waals surface area contributed by atoms with E-state index in [2.05, 4.69) is 0 Å². The molecule has 1 atom stereocenters. The first kappa shape index (κ1) is 9.20. The van der Waals surface area contributed by atoms with E-state index in [9.17, 15) is 9.90 Å². The van der Waals surface area contributed by atoms with Crippen molar-refractivity contribution >= 4 is 5.78 Å². The summed E-state index contributed by atoms with van der Waals surface area (Å²) in [7, 11) is 0. The van der Waals surface area contributed by atoms with E-state index in [1.807, 2.05) is 0 Å². The third-order valence-corrected chi connectivity index (χ3v) is 4.26. The molecule has 0 radical (unpaired) electrons. The second kappa shape index (κ2) is 3.09. The molecule has 0 saturated heterocycles. The fourth-order valence-corrected chi connectivity index (χ4v) is 3.34. The van der Waals surface area contributed by atoms with E-state index in [4.69, 9.17) is 0 Å². The zero-order valence-electron chi connectivity index (χ0n) is 8.25. The molecule has 0 spiro atoms. The van der Waals surface area contributed by atoms with Crippen LogP contribution in [0.1, 0.15) is 39.0 Å². The molecule has 0 heterocycles. The summed E-state index contributed by atoms with van der Waals surface area (Å²) in [4.78, 5) is 11.6. The van der Waals surface area contributed by atoms with Gasteiger partial charge in [-0.25, -0.2) is 0 Å². The van der Waals surface area contributed by atoms with Crippen molar-refractivity contribution in [3.8, 4) is 0 Å². The molecule has 0 aliphatic heterocycles. The molecule has 13 heavy (non-hydrogen) atoms. The number of carbonyl (C=O) groups is 1. The zero-order valence-corrected chi connectivity index (χ0v) is 8.25. The molecule has 0 amide bonds. The first-order chi connectivity index (χ1) is 6.19. The van der Waals surface area contributed by atoms with E-state index in [0.717, 1.165) is 19.3 Å². The number of hydrogen-bond donors (Lipinski definition) is 1. The van der Waals surface area contributed by atoms with Gasteiger partial charge in [-0.1, -0.05) is 12.8 Å². The van der Waals surface area contributed by atoms with Crippen molar-refractivity contribution in [2.24, 2.45) is 17.3 Å². The maximum absolute atomic E-state index is 11.6. The summed E-state index contributed by atoms with van der Waals surface area (Å²) in [6, 6.07) is 0. The predicted octanol–water partition coefficient (Wildman–Crippen LogP) is 1.76. The Morgan fingerprint density at radius 2 is 2.00 bits per heavy atom. The van der Waals surface area contributed by atoms with Gasteiger partial charge in [0.25, 0.3) is 0 Å². The van der Waals surface area contributed by atoms with Crippen LogP contribution in [0.2, 0.25) is 0 Å². The Balaban J connectivity index is 2.25. The minimum atomic E-state index is -0.346. The van der Waals surface area contributed by atoms with Gasteiger partial charge in [-0.2, -0.15) is 0 Å². The molecular formula is C11H18O2. The lowest BCUT2D eigenvalue weighted by molar-refractivity contribution is -0.141. The average Bonchev–Trinajstić information content (AvgIpc) is 2.19. The first-order valence-electron chi connectivity index (χ1n) is 5.31. The number of aliphatic hydroxyl groups excluding tert-OH is 1. The largest absolute Gasteiger partial charge is 0.395 e. The molecule has 3 fully saturated rings. The van der Waals surface area contributed by atoms with E-state index in [0.29, 0.717) is 11.8 Å². The molecule has 0 aromatic rings. The van der Waals surface area contributed by atoms with Gasteiger partial charge in [0.1, 0.15) is 5.78 Å². The van der Waals surface area contributed by atoms with Crippen molar-refractivity contribution in [3.05, 3.63) is 0 Å². The molecule has 2 heteroatoms. The Morgan fingerprint density at radius 3 is 2.23 bits per heavy atom. The lowest BCUT2D eigenvalue weighted by Crippen LogP contribution is -2.48. The second-order valence-electron chi connectivity index (χ2n) is 4.79. The van der Waals surface area contributed by atoms with Crippen molar-refractivity contribution in [1.82, 2.24) is 0 Å². The van der Waals surface area contributed by atoms with Crippen LogP contribution in [-0.4, -0.2) is 17.5 Å². The third-order valence-electron chi connectivity index (χ3n) is 4.26.